The van der Waals surface area contributed by atoms with Crippen molar-refractivity contribution in [3.63, 3.8) is 0 Å². The minimum Gasteiger partial charge on any atom is -0.389 e. The van der Waals surface area contributed by atoms with Gasteiger partial charge in [-0.25, -0.2) is 4.98 Å². The Kier molecular flexibility index (Phi) is 10.2. The summed E-state index contributed by atoms with van der Waals surface area (Å²) in [6.07, 6.45) is 1.43. The molecule has 2 aliphatic rings. The summed E-state index contributed by atoms with van der Waals surface area (Å²) in [6.45, 7) is 7.09. The Morgan fingerprint density at radius 3 is 2.43 bits per heavy atom. The molecule has 3 heterocycles. The molecule has 5 atom stereocenters. The lowest BCUT2D eigenvalue weighted by Crippen LogP contribution is -2.63. The van der Waals surface area contributed by atoms with Crippen molar-refractivity contribution in [2.45, 2.75) is 69.9 Å². The van der Waals surface area contributed by atoms with E-state index in [0.717, 1.165) is 42.2 Å². The number of carbonyl (C=O) groups excluding carboxylic acids is 2. The predicted octanol–water partition coefficient (Wildman–Crippen LogP) is 4.99. The number of aliphatic hydroxyl groups is 1. The molecule has 8 nitrogen and oxygen atoms in total. The second kappa shape index (κ2) is 14.7. The molecule has 0 radical (unpaired) electrons. The fraction of sp³-hybridized carbons (Fsp3) is 0.378. The van der Waals surface area contributed by atoms with E-state index in [1.807, 2.05) is 65.7 Å². The fourth-order valence-corrected chi connectivity index (χ4v) is 7.74. The Balaban J connectivity index is 1.18. The lowest BCUT2D eigenvalue weighted by atomic mass is 9.93. The van der Waals surface area contributed by atoms with E-state index in [4.69, 9.17) is 0 Å². The van der Waals surface area contributed by atoms with Gasteiger partial charge in [-0.05, 0) is 62.4 Å². The van der Waals surface area contributed by atoms with Crippen LogP contribution in [0.3, 0.4) is 0 Å². The molecule has 4 aromatic rings. The lowest BCUT2D eigenvalue weighted by Gasteiger charge is -2.41. The molecule has 0 saturated carbocycles. The Labute approximate surface area is 275 Å². The Morgan fingerprint density at radius 1 is 1.00 bits per heavy atom. The number of nitrogens with zero attached hydrogens (tertiary/aromatic N) is 3. The lowest BCUT2D eigenvalue weighted by molar-refractivity contribution is 0.0362. The minimum absolute atomic E-state index is 0.0408. The summed E-state index contributed by atoms with van der Waals surface area (Å²) in [5.74, 6) is -0.405. The van der Waals surface area contributed by atoms with Gasteiger partial charge in [0, 0.05) is 60.5 Å². The van der Waals surface area contributed by atoms with Crippen molar-refractivity contribution in [3.8, 4) is 0 Å². The van der Waals surface area contributed by atoms with Gasteiger partial charge in [0.2, 0.25) is 0 Å². The van der Waals surface area contributed by atoms with Gasteiger partial charge in [0.15, 0.2) is 0 Å². The van der Waals surface area contributed by atoms with Crippen LogP contribution in [0.2, 0.25) is 0 Å². The SMILES string of the molecule is Cc1csc([C@H]2CCCN2C(=O)c2cccc(C(=O)N[C@@H](Cc3ccccc3)[C@H](O)[C@H]3CN(Cc4ccccc4)CC(C)N3)c2)n1. The van der Waals surface area contributed by atoms with Crippen LogP contribution in [0.25, 0.3) is 0 Å². The first-order chi connectivity index (χ1) is 22.3. The zero-order valence-electron chi connectivity index (χ0n) is 26.5. The van der Waals surface area contributed by atoms with E-state index < -0.39 is 12.1 Å². The zero-order valence-corrected chi connectivity index (χ0v) is 27.3. The van der Waals surface area contributed by atoms with Crippen molar-refractivity contribution in [1.29, 1.82) is 0 Å². The molecule has 2 amide bonds. The van der Waals surface area contributed by atoms with Crippen molar-refractivity contribution in [2.24, 2.45) is 0 Å². The maximum Gasteiger partial charge on any atom is 0.254 e. The van der Waals surface area contributed by atoms with E-state index in [-0.39, 0.29) is 29.9 Å². The Morgan fingerprint density at radius 2 is 1.72 bits per heavy atom. The average Bonchev–Trinajstić information content (AvgIpc) is 3.74. The molecule has 240 valence electrons. The normalized spacial score (nSPS) is 21.5. The third-order valence-electron chi connectivity index (χ3n) is 8.98. The average molecular weight is 638 g/mol. The van der Waals surface area contributed by atoms with Gasteiger partial charge >= 0.3 is 0 Å². The molecule has 1 unspecified atom stereocenters. The Hall–Kier alpha value is -3.89. The van der Waals surface area contributed by atoms with Crippen molar-refractivity contribution in [1.82, 2.24) is 25.4 Å². The molecule has 6 rings (SSSR count). The molecular weight excluding hydrogens is 595 g/mol. The van der Waals surface area contributed by atoms with E-state index >= 15 is 0 Å². The molecule has 1 aromatic heterocycles. The number of rotatable bonds is 10. The first-order valence-electron chi connectivity index (χ1n) is 16.2. The molecule has 2 saturated heterocycles. The standard InChI is InChI=1S/C37H43N5O3S/c1-25-21-41(22-28-13-7-4-8-14-28)23-32(38-25)34(43)31(19-27-11-5-3-6-12-27)40-35(44)29-15-9-16-30(20-29)37(45)42-18-10-17-33(42)36-39-26(2)24-46-36/h3-9,11-16,20,24-25,31-34,38,43H,10,17-19,21-23H2,1-2H3,(H,40,44)/t25?,31-,32+,33+,34-/m0/s1. The van der Waals surface area contributed by atoms with Gasteiger partial charge in [0.05, 0.1) is 18.2 Å². The number of benzene rings is 3. The maximum absolute atomic E-state index is 13.8. The van der Waals surface area contributed by atoms with Crippen LogP contribution in [0.15, 0.2) is 90.3 Å². The summed E-state index contributed by atoms with van der Waals surface area (Å²) in [6, 6.07) is 26.6. The van der Waals surface area contributed by atoms with Crippen molar-refractivity contribution in [3.05, 3.63) is 123 Å². The largest absolute Gasteiger partial charge is 0.389 e. The van der Waals surface area contributed by atoms with Crippen LogP contribution >= 0.6 is 11.3 Å². The number of aryl methyl sites for hydroxylation is 1. The highest BCUT2D eigenvalue weighted by Crippen LogP contribution is 2.35. The number of hydrogen-bond donors (Lipinski definition) is 3. The van der Waals surface area contributed by atoms with Crippen LogP contribution in [0.4, 0.5) is 0 Å². The number of amides is 2. The third-order valence-corrected chi connectivity index (χ3v) is 10.0. The van der Waals surface area contributed by atoms with E-state index in [9.17, 15) is 14.7 Å². The summed E-state index contributed by atoms with van der Waals surface area (Å²) in [5, 5.41) is 21.6. The van der Waals surface area contributed by atoms with Gasteiger partial charge in [-0.3, -0.25) is 14.5 Å². The van der Waals surface area contributed by atoms with Gasteiger partial charge in [-0.1, -0.05) is 66.7 Å². The summed E-state index contributed by atoms with van der Waals surface area (Å²) in [5.41, 5.74) is 4.10. The first-order valence-corrected chi connectivity index (χ1v) is 17.1. The molecule has 3 aromatic carbocycles. The molecular formula is C37H43N5O3S. The van der Waals surface area contributed by atoms with Crippen molar-refractivity contribution in [2.75, 3.05) is 19.6 Å². The van der Waals surface area contributed by atoms with Crippen LogP contribution in [-0.2, 0) is 13.0 Å². The smallest absolute Gasteiger partial charge is 0.254 e. The van der Waals surface area contributed by atoms with Gasteiger partial charge in [-0.15, -0.1) is 11.3 Å². The molecule has 46 heavy (non-hydrogen) atoms. The second-order valence-corrected chi connectivity index (χ2v) is 13.6. The predicted molar refractivity (Wildman–Crippen MR) is 182 cm³/mol. The number of aromatic nitrogens is 1. The maximum atomic E-state index is 13.8. The molecule has 2 fully saturated rings. The molecule has 0 spiro atoms. The molecule has 0 bridgehead atoms. The summed E-state index contributed by atoms with van der Waals surface area (Å²) in [4.78, 5) is 36.4. The van der Waals surface area contributed by atoms with Gasteiger partial charge < -0.3 is 20.6 Å². The number of piperazine rings is 1. The number of thiazole rings is 1. The van der Waals surface area contributed by atoms with Crippen LogP contribution in [-0.4, -0.2) is 75.6 Å². The van der Waals surface area contributed by atoms with Crippen molar-refractivity contribution < 1.29 is 14.7 Å². The quantitative estimate of drug-likeness (QED) is 0.227. The topological polar surface area (TPSA) is 97.8 Å². The third kappa shape index (κ3) is 7.73. The number of aliphatic hydroxyl groups excluding tert-OH is 1. The molecule has 3 N–H and O–H groups in total. The highest BCUT2D eigenvalue weighted by Gasteiger charge is 2.35. The summed E-state index contributed by atoms with van der Waals surface area (Å²) in [7, 11) is 0. The highest BCUT2D eigenvalue weighted by molar-refractivity contribution is 7.09. The summed E-state index contributed by atoms with van der Waals surface area (Å²) >= 11 is 1.59. The monoisotopic (exact) mass is 637 g/mol. The van der Waals surface area contributed by atoms with E-state index in [1.165, 1.54) is 5.56 Å². The number of hydrogen-bond acceptors (Lipinski definition) is 7. The van der Waals surface area contributed by atoms with E-state index in [0.29, 0.717) is 30.6 Å². The molecule has 2 aliphatic heterocycles. The van der Waals surface area contributed by atoms with E-state index in [1.54, 1.807) is 35.6 Å². The van der Waals surface area contributed by atoms with Gasteiger partial charge in [0.1, 0.15) is 5.01 Å². The summed E-state index contributed by atoms with van der Waals surface area (Å²) < 4.78 is 0. The number of nitrogens with one attached hydrogen (secondary N) is 2. The Bertz CT molecular complexity index is 1610. The van der Waals surface area contributed by atoms with Crippen LogP contribution in [0, 0.1) is 6.92 Å². The molecule has 9 heteroatoms. The second-order valence-electron chi connectivity index (χ2n) is 12.7. The minimum atomic E-state index is -0.845. The number of likely N-dealkylation sites (tertiary alicyclic amines) is 1. The van der Waals surface area contributed by atoms with E-state index in [2.05, 4.69) is 39.6 Å². The highest BCUT2D eigenvalue weighted by atomic mass is 32.1. The van der Waals surface area contributed by atoms with Crippen LogP contribution < -0.4 is 10.6 Å². The molecule has 0 aliphatic carbocycles. The van der Waals surface area contributed by atoms with Crippen LogP contribution in [0.5, 0.6) is 0 Å². The number of carbonyl (C=O) groups is 2. The fourth-order valence-electron chi connectivity index (χ4n) is 6.80. The zero-order chi connectivity index (χ0) is 32.0. The van der Waals surface area contributed by atoms with Crippen molar-refractivity contribution >= 4 is 23.2 Å². The van der Waals surface area contributed by atoms with Crippen LogP contribution in [0.1, 0.15) is 68.4 Å². The van der Waals surface area contributed by atoms with Gasteiger partial charge in [0.25, 0.3) is 11.8 Å². The first kappa shape index (κ1) is 32.1. The van der Waals surface area contributed by atoms with Gasteiger partial charge in [-0.2, -0.15) is 0 Å².